The zero-order chi connectivity index (χ0) is 23.4. The van der Waals surface area contributed by atoms with Crippen molar-refractivity contribution in [3.8, 4) is 6.07 Å². The minimum absolute atomic E-state index is 0.00133. The second kappa shape index (κ2) is 10.2. The third kappa shape index (κ3) is 4.79. The molecule has 1 saturated carbocycles. The summed E-state index contributed by atoms with van der Waals surface area (Å²) in [6.07, 6.45) is 6.88. The molecule has 2 aromatic carbocycles. The number of nitrogen functional groups attached to an aromatic ring is 1. The van der Waals surface area contributed by atoms with E-state index in [0.717, 1.165) is 49.7 Å². The first-order valence-electron chi connectivity index (χ1n) is 12.0. The Bertz CT molecular complexity index is 1070. The molecule has 1 aliphatic carbocycles. The Morgan fingerprint density at radius 3 is 2.36 bits per heavy atom. The average molecular weight is 445 g/mol. The summed E-state index contributed by atoms with van der Waals surface area (Å²) in [5.74, 6) is 5.89. The number of carbonyl (C=O) groups is 2. The molecular formula is C27H32N4O2. The molecule has 33 heavy (non-hydrogen) atoms. The standard InChI is InChI=1S/C27H32N4O2/c1-2-19-15-23(22-5-3-6-22)25(26(32)30-29)16-24(19)27(33)31-13-4-7-20(12-14-31)21-10-8-18(17-28)9-11-21/h8-11,15-16,20,22H,2-7,12-14,29H2,1H3,(H,30,32). The molecule has 2 aliphatic rings. The Balaban J connectivity index is 1.56. The van der Waals surface area contributed by atoms with Gasteiger partial charge in [0.25, 0.3) is 11.8 Å². The van der Waals surface area contributed by atoms with Crippen LogP contribution in [0.25, 0.3) is 0 Å². The number of amides is 2. The van der Waals surface area contributed by atoms with Crippen LogP contribution < -0.4 is 11.3 Å². The van der Waals surface area contributed by atoms with Gasteiger partial charge in [0.15, 0.2) is 0 Å². The van der Waals surface area contributed by atoms with Gasteiger partial charge in [0.1, 0.15) is 0 Å². The molecule has 1 heterocycles. The van der Waals surface area contributed by atoms with Crippen molar-refractivity contribution >= 4 is 11.8 Å². The normalized spacial score (nSPS) is 18.7. The van der Waals surface area contributed by atoms with Crippen LogP contribution in [-0.4, -0.2) is 29.8 Å². The third-order valence-electron chi connectivity index (χ3n) is 7.33. The number of hydrogen-bond donors (Lipinski definition) is 2. The van der Waals surface area contributed by atoms with E-state index in [9.17, 15) is 9.59 Å². The first-order chi connectivity index (χ1) is 16.0. The second-order valence-corrected chi connectivity index (χ2v) is 9.21. The lowest BCUT2D eigenvalue weighted by molar-refractivity contribution is 0.0760. The lowest BCUT2D eigenvalue weighted by atomic mass is 9.76. The summed E-state index contributed by atoms with van der Waals surface area (Å²) in [6.45, 7) is 3.44. The van der Waals surface area contributed by atoms with E-state index in [0.29, 0.717) is 41.6 Å². The SMILES string of the molecule is CCc1cc(C2CCC2)c(C(=O)NN)cc1C(=O)N1CCCC(c2ccc(C#N)cc2)CC1. The number of nitrogens with two attached hydrogens (primary N) is 1. The Morgan fingerprint density at radius 1 is 1.03 bits per heavy atom. The molecule has 1 aliphatic heterocycles. The molecule has 1 unspecified atom stereocenters. The molecule has 0 radical (unpaired) electrons. The van der Waals surface area contributed by atoms with Crippen LogP contribution >= 0.6 is 0 Å². The van der Waals surface area contributed by atoms with E-state index in [1.54, 1.807) is 6.07 Å². The lowest BCUT2D eigenvalue weighted by Gasteiger charge is -2.29. The van der Waals surface area contributed by atoms with Gasteiger partial charge >= 0.3 is 0 Å². The molecule has 4 rings (SSSR count). The molecule has 6 heteroatoms. The molecule has 2 fully saturated rings. The van der Waals surface area contributed by atoms with Crippen LogP contribution in [0.15, 0.2) is 36.4 Å². The zero-order valence-corrected chi connectivity index (χ0v) is 19.3. The van der Waals surface area contributed by atoms with Crippen LogP contribution in [-0.2, 0) is 6.42 Å². The number of benzene rings is 2. The van der Waals surface area contributed by atoms with Gasteiger partial charge < -0.3 is 4.90 Å². The molecule has 0 aromatic heterocycles. The molecule has 2 amide bonds. The van der Waals surface area contributed by atoms with Crippen LogP contribution in [0.3, 0.4) is 0 Å². The molecule has 0 bridgehead atoms. The number of hydrazine groups is 1. The minimum Gasteiger partial charge on any atom is -0.339 e. The quantitative estimate of drug-likeness (QED) is 0.406. The summed E-state index contributed by atoms with van der Waals surface area (Å²) in [7, 11) is 0. The first-order valence-corrected chi connectivity index (χ1v) is 12.0. The van der Waals surface area contributed by atoms with Gasteiger partial charge in [0.05, 0.1) is 11.6 Å². The topological polar surface area (TPSA) is 99.2 Å². The summed E-state index contributed by atoms with van der Waals surface area (Å²) in [5, 5.41) is 9.04. The van der Waals surface area contributed by atoms with Crippen molar-refractivity contribution in [2.45, 2.75) is 63.7 Å². The van der Waals surface area contributed by atoms with E-state index in [1.807, 2.05) is 29.2 Å². The Morgan fingerprint density at radius 2 is 1.76 bits per heavy atom. The largest absolute Gasteiger partial charge is 0.339 e. The maximum atomic E-state index is 13.6. The summed E-state index contributed by atoms with van der Waals surface area (Å²) >= 11 is 0. The number of nitrogens with one attached hydrogen (secondary N) is 1. The summed E-state index contributed by atoms with van der Waals surface area (Å²) in [5.41, 5.74) is 7.34. The van der Waals surface area contributed by atoms with Crippen molar-refractivity contribution in [1.29, 1.82) is 5.26 Å². The van der Waals surface area contributed by atoms with Crippen molar-refractivity contribution in [2.24, 2.45) is 5.84 Å². The molecular weight excluding hydrogens is 412 g/mol. The molecule has 1 atom stereocenters. The molecule has 2 aromatic rings. The predicted octanol–water partition coefficient (Wildman–Crippen LogP) is 4.40. The maximum Gasteiger partial charge on any atom is 0.265 e. The number of nitrogens with zero attached hydrogens (tertiary/aromatic N) is 2. The average Bonchev–Trinajstić information content (AvgIpc) is 3.08. The van der Waals surface area contributed by atoms with Gasteiger partial charge in [-0.2, -0.15) is 5.26 Å². The number of nitriles is 1. The third-order valence-corrected chi connectivity index (χ3v) is 7.33. The second-order valence-electron chi connectivity index (χ2n) is 9.21. The van der Waals surface area contributed by atoms with Gasteiger partial charge in [-0.1, -0.05) is 31.5 Å². The fraction of sp³-hybridized carbons (Fsp3) is 0.444. The van der Waals surface area contributed by atoms with Crippen molar-refractivity contribution in [3.05, 3.63) is 69.8 Å². The number of aryl methyl sites for hydroxylation is 1. The highest BCUT2D eigenvalue weighted by Crippen LogP contribution is 2.39. The van der Waals surface area contributed by atoms with Crippen LogP contribution in [0.1, 0.15) is 100 Å². The monoisotopic (exact) mass is 444 g/mol. The van der Waals surface area contributed by atoms with E-state index in [2.05, 4.69) is 24.5 Å². The van der Waals surface area contributed by atoms with Crippen molar-refractivity contribution < 1.29 is 9.59 Å². The fourth-order valence-corrected chi connectivity index (χ4v) is 5.12. The van der Waals surface area contributed by atoms with Crippen LogP contribution in [0.5, 0.6) is 0 Å². The van der Waals surface area contributed by atoms with Crippen molar-refractivity contribution in [3.63, 3.8) is 0 Å². The summed E-state index contributed by atoms with van der Waals surface area (Å²) in [6, 6.07) is 13.8. The minimum atomic E-state index is -0.328. The maximum absolute atomic E-state index is 13.6. The summed E-state index contributed by atoms with van der Waals surface area (Å²) < 4.78 is 0. The number of rotatable bonds is 5. The Hall–Kier alpha value is -3.17. The fourth-order valence-electron chi connectivity index (χ4n) is 5.12. The highest BCUT2D eigenvalue weighted by molar-refractivity contribution is 6.01. The van der Waals surface area contributed by atoms with E-state index < -0.39 is 0 Å². The molecule has 3 N–H and O–H groups in total. The zero-order valence-electron chi connectivity index (χ0n) is 19.3. The number of likely N-dealkylation sites (tertiary alicyclic amines) is 1. The molecule has 1 saturated heterocycles. The van der Waals surface area contributed by atoms with Crippen LogP contribution in [0, 0.1) is 11.3 Å². The Labute approximate surface area is 195 Å². The van der Waals surface area contributed by atoms with E-state index in [4.69, 9.17) is 11.1 Å². The van der Waals surface area contributed by atoms with Gasteiger partial charge in [0.2, 0.25) is 0 Å². The van der Waals surface area contributed by atoms with Gasteiger partial charge in [-0.3, -0.25) is 15.0 Å². The highest BCUT2D eigenvalue weighted by Gasteiger charge is 2.29. The van der Waals surface area contributed by atoms with E-state index in [1.165, 1.54) is 12.0 Å². The highest BCUT2D eigenvalue weighted by atomic mass is 16.2. The van der Waals surface area contributed by atoms with Crippen LogP contribution in [0.2, 0.25) is 0 Å². The number of carbonyl (C=O) groups excluding carboxylic acids is 2. The van der Waals surface area contributed by atoms with Gasteiger partial charge in [-0.05, 0) is 85.3 Å². The smallest absolute Gasteiger partial charge is 0.265 e. The lowest BCUT2D eigenvalue weighted by Crippen LogP contribution is -2.34. The number of hydrogen-bond acceptors (Lipinski definition) is 4. The van der Waals surface area contributed by atoms with E-state index in [-0.39, 0.29) is 11.8 Å². The predicted molar refractivity (Wildman–Crippen MR) is 128 cm³/mol. The van der Waals surface area contributed by atoms with Gasteiger partial charge in [-0.15, -0.1) is 0 Å². The van der Waals surface area contributed by atoms with Crippen molar-refractivity contribution in [2.75, 3.05) is 13.1 Å². The van der Waals surface area contributed by atoms with Gasteiger partial charge in [0, 0.05) is 24.2 Å². The van der Waals surface area contributed by atoms with Gasteiger partial charge in [-0.25, -0.2) is 5.84 Å². The molecule has 172 valence electrons. The summed E-state index contributed by atoms with van der Waals surface area (Å²) in [4.78, 5) is 28.1. The van der Waals surface area contributed by atoms with Crippen molar-refractivity contribution in [1.82, 2.24) is 10.3 Å². The Kier molecular flexibility index (Phi) is 7.10. The first kappa shape index (κ1) is 23.0. The van der Waals surface area contributed by atoms with Crippen LogP contribution in [0.4, 0.5) is 0 Å². The van der Waals surface area contributed by atoms with E-state index >= 15 is 0 Å². The molecule has 0 spiro atoms. The molecule has 6 nitrogen and oxygen atoms in total.